The zero-order chi connectivity index (χ0) is 13.3. The van der Waals surface area contributed by atoms with E-state index in [1.54, 1.807) is 19.1 Å². The molecule has 0 unspecified atom stereocenters. The van der Waals surface area contributed by atoms with Crippen molar-refractivity contribution >= 4 is 11.4 Å². The van der Waals surface area contributed by atoms with E-state index in [1.807, 2.05) is 17.9 Å². The Balaban J connectivity index is 2.36. The number of anilines is 1. The third kappa shape index (κ3) is 2.18. The Labute approximate surface area is 106 Å². The highest BCUT2D eigenvalue weighted by atomic mass is 16.6. The maximum absolute atomic E-state index is 11.2. The van der Waals surface area contributed by atoms with Crippen molar-refractivity contribution in [3.05, 3.63) is 33.9 Å². The molecule has 1 aliphatic rings. The number of aryl methyl sites for hydroxylation is 1. The quantitative estimate of drug-likeness (QED) is 0.659. The molecular weight excluding hydrogens is 232 g/mol. The van der Waals surface area contributed by atoms with E-state index in [4.69, 9.17) is 0 Å². The molecule has 0 aliphatic carbocycles. The number of benzene rings is 1. The van der Waals surface area contributed by atoms with Gasteiger partial charge < -0.3 is 10.0 Å². The largest absolute Gasteiger partial charge is 0.396 e. The molecule has 0 saturated carbocycles. The molecule has 98 valence electrons. The average molecular weight is 250 g/mol. The van der Waals surface area contributed by atoms with E-state index in [-0.39, 0.29) is 22.6 Å². The smallest absolute Gasteiger partial charge is 0.295 e. The normalized spacial score (nSPS) is 23.4. The molecule has 1 N–H and O–H groups in total. The van der Waals surface area contributed by atoms with Crippen molar-refractivity contribution in [2.75, 3.05) is 24.6 Å². The molecule has 1 heterocycles. The zero-order valence-corrected chi connectivity index (χ0v) is 10.7. The van der Waals surface area contributed by atoms with Gasteiger partial charge in [0.15, 0.2) is 0 Å². The molecule has 0 radical (unpaired) electrons. The molecule has 18 heavy (non-hydrogen) atoms. The summed E-state index contributed by atoms with van der Waals surface area (Å²) in [6, 6.07) is 5.38. The summed E-state index contributed by atoms with van der Waals surface area (Å²) >= 11 is 0. The number of nitro groups is 1. The van der Waals surface area contributed by atoms with Gasteiger partial charge in [-0.1, -0.05) is 19.1 Å². The fourth-order valence-electron chi connectivity index (χ4n) is 2.49. The second-order valence-corrected chi connectivity index (χ2v) is 5.34. The minimum atomic E-state index is -0.320. The van der Waals surface area contributed by atoms with Gasteiger partial charge in [0.2, 0.25) is 0 Å². The van der Waals surface area contributed by atoms with Crippen molar-refractivity contribution in [3.63, 3.8) is 0 Å². The molecule has 5 heteroatoms. The van der Waals surface area contributed by atoms with E-state index in [1.165, 1.54) is 0 Å². The molecule has 0 bridgehead atoms. The molecule has 0 spiro atoms. The summed E-state index contributed by atoms with van der Waals surface area (Å²) in [5.41, 5.74) is 1.37. The van der Waals surface area contributed by atoms with Crippen LogP contribution in [0.1, 0.15) is 18.9 Å². The van der Waals surface area contributed by atoms with Crippen LogP contribution < -0.4 is 4.90 Å². The van der Waals surface area contributed by atoms with E-state index >= 15 is 0 Å². The lowest BCUT2D eigenvalue weighted by Gasteiger charge is -2.23. The Hall–Kier alpha value is -1.62. The first kappa shape index (κ1) is 12.8. The van der Waals surface area contributed by atoms with Crippen molar-refractivity contribution in [1.82, 2.24) is 0 Å². The fourth-order valence-corrected chi connectivity index (χ4v) is 2.49. The van der Waals surface area contributed by atoms with Gasteiger partial charge in [-0.05, 0) is 19.4 Å². The third-order valence-corrected chi connectivity index (χ3v) is 3.68. The monoisotopic (exact) mass is 250 g/mol. The van der Waals surface area contributed by atoms with Gasteiger partial charge in [0.1, 0.15) is 5.69 Å². The lowest BCUT2D eigenvalue weighted by atomic mass is 9.91. The fraction of sp³-hybridized carbons (Fsp3) is 0.538. The van der Waals surface area contributed by atoms with Gasteiger partial charge in [0.05, 0.1) is 11.5 Å². The van der Waals surface area contributed by atoms with Crippen molar-refractivity contribution < 1.29 is 10.0 Å². The molecule has 1 fully saturated rings. The first-order valence-corrected chi connectivity index (χ1v) is 6.07. The van der Waals surface area contributed by atoms with Crippen LogP contribution >= 0.6 is 0 Å². The van der Waals surface area contributed by atoms with Gasteiger partial charge in [0.25, 0.3) is 5.69 Å². The van der Waals surface area contributed by atoms with Crippen LogP contribution in [0.15, 0.2) is 18.2 Å². The summed E-state index contributed by atoms with van der Waals surface area (Å²) < 4.78 is 0. The van der Waals surface area contributed by atoms with Gasteiger partial charge in [-0.15, -0.1) is 0 Å². The number of hydrogen-bond acceptors (Lipinski definition) is 4. The average Bonchev–Trinajstić information content (AvgIpc) is 2.72. The molecule has 2 rings (SSSR count). The van der Waals surface area contributed by atoms with Gasteiger partial charge in [-0.3, -0.25) is 10.1 Å². The van der Waals surface area contributed by atoms with Crippen LogP contribution in [0.25, 0.3) is 0 Å². The predicted molar refractivity (Wildman–Crippen MR) is 69.9 cm³/mol. The topological polar surface area (TPSA) is 66.6 Å². The lowest BCUT2D eigenvalue weighted by Crippen LogP contribution is -2.28. The van der Waals surface area contributed by atoms with Crippen molar-refractivity contribution in [2.45, 2.75) is 20.3 Å². The number of aliphatic hydroxyl groups excluding tert-OH is 1. The lowest BCUT2D eigenvalue weighted by molar-refractivity contribution is -0.384. The third-order valence-electron chi connectivity index (χ3n) is 3.68. The van der Waals surface area contributed by atoms with E-state index in [0.717, 1.165) is 13.0 Å². The molecule has 1 atom stereocenters. The Morgan fingerprint density at radius 3 is 2.83 bits per heavy atom. The zero-order valence-electron chi connectivity index (χ0n) is 10.7. The van der Waals surface area contributed by atoms with Crippen molar-refractivity contribution in [1.29, 1.82) is 0 Å². The standard InChI is InChI=1S/C13H18N2O3/c1-10-4-3-5-11(12(10)15(17)18)14-7-6-13(2,8-14)9-16/h3-5,16H,6-9H2,1-2H3/t13-/m1/s1. The summed E-state index contributed by atoms with van der Waals surface area (Å²) in [5, 5.41) is 20.5. The van der Waals surface area contributed by atoms with Gasteiger partial charge >= 0.3 is 0 Å². The van der Waals surface area contributed by atoms with E-state index in [2.05, 4.69) is 0 Å². The van der Waals surface area contributed by atoms with Crippen LogP contribution in [0.2, 0.25) is 0 Å². The number of nitro benzene ring substituents is 1. The number of nitrogens with zero attached hydrogens (tertiary/aromatic N) is 2. The molecule has 1 aromatic carbocycles. The highest BCUT2D eigenvalue weighted by molar-refractivity contribution is 5.67. The molecular formula is C13H18N2O3. The Kier molecular flexibility index (Phi) is 3.26. The van der Waals surface area contributed by atoms with Crippen LogP contribution in [0, 0.1) is 22.5 Å². The highest BCUT2D eigenvalue weighted by Crippen LogP contribution is 2.38. The number of aliphatic hydroxyl groups is 1. The molecule has 0 amide bonds. The van der Waals surface area contributed by atoms with Gasteiger partial charge in [-0.25, -0.2) is 0 Å². The molecule has 1 aliphatic heterocycles. The first-order chi connectivity index (χ1) is 8.47. The van der Waals surface area contributed by atoms with E-state index in [0.29, 0.717) is 17.8 Å². The van der Waals surface area contributed by atoms with Crippen LogP contribution in [-0.2, 0) is 0 Å². The minimum absolute atomic E-state index is 0.114. The van der Waals surface area contributed by atoms with E-state index in [9.17, 15) is 15.2 Å². The summed E-state index contributed by atoms with van der Waals surface area (Å²) in [7, 11) is 0. The number of rotatable bonds is 3. The van der Waals surface area contributed by atoms with Crippen LogP contribution in [0.4, 0.5) is 11.4 Å². The summed E-state index contributed by atoms with van der Waals surface area (Å²) in [6.45, 7) is 5.29. The summed E-state index contributed by atoms with van der Waals surface area (Å²) in [5.74, 6) is 0. The van der Waals surface area contributed by atoms with E-state index < -0.39 is 0 Å². The van der Waals surface area contributed by atoms with Crippen molar-refractivity contribution in [2.24, 2.45) is 5.41 Å². The second-order valence-electron chi connectivity index (χ2n) is 5.34. The van der Waals surface area contributed by atoms with Gasteiger partial charge in [-0.2, -0.15) is 0 Å². The molecule has 0 aromatic heterocycles. The Morgan fingerprint density at radius 2 is 2.28 bits per heavy atom. The van der Waals surface area contributed by atoms with Crippen molar-refractivity contribution in [3.8, 4) is 0 Å². The second kappa shape index (κ2) is 4.57. The van der Waals surface area contributed by atoms with Crippen LogP contribution in [-0.4, -0.2) is 29.7 Å². The van der Waals surface area contributed by atoms with Gasteiger partial charge in [0, 0.05) is 24.1 Å². The highest BCUT2D eigenvalue weighted by Gasteiger charge is 2.35. The first-order valence-electron chi connectivity index (χ1n) is 6.07. The molecule has 5 nitrogen and oxygen atoms in total. The SMILES string of the molecule is Cc1cccc(N2CC[C@@](C)(CO)C2)c1[N+](=O)[O-]. The molecule has 1 saturated heterocycles. The van der Waals surface area contributed by atoms with Crippen LogP contribution in [0.5, 0.6) is 0 Å². The van der Waals surface area contributed by atoms with Crippen LogP contribution in [0.3, 0.4) is 0 Å². The minimum Gasteiger partial charge on any atom is -0.396 e. The number of para-hydroxylation sites is 1. The summed E-state index contributed by atoms with van der Waals surface area (Å²) in [4.78, 5) is 12.8. The Morgan fingerprint density at radius 1 is 1.56 bits per heavy atom. The summed E-state index contributed by atoms with van der Waals surface area (Å²) in [6.07, 6.45) is 0.856. The predicted octanol–water partition coefficient (Wildman–Crippen LogP) is 2.11. The molecule has 1 aromatic rings. The maximum Gasteiger partial charge on any atom is 0.295 e. The number of hydrogen-bond donors (Lipinski definition) is 1. The maximum atomic E-state index is 11.2. The Bertz CT molecular complexity index is 475.